The molecule has 0 saturated carbocycles. The summed E-state index contributed by atoms with van der Waals surface area (Å²) in [7, 11) is -3.71. The maximum atomic E-state index is 12.9. The Balaban J connectivity index is 2.21. The van der Waals surface area contributed by atoms with E-state index in [1.165, 1.54) is 16.4 Å². The van der Waals surface area contributed by atoms with E-state index in [-0.39, 0.29) is 35.7 Å². The quantitative estimate of drug-likeness (QED) is 0.773. The number of primary amides is 1. The second-order valence-corrected chi connectivity index (χ2v) is 9.10. The Morgan fingerprint density at radius 1 is 1.27 bits per heavy atom. The lowest BCUT2D eigenvalue weighted by atomic mass is 9.98. The number of piperidine rings is 1. The lowest BCUT2D eigenvalue weighted by Crippen LogP contribution is -2.41. The summed E-state index contributed by atoms with van der Waals surface area (Å²) in [4.78, 5) is 23.7. The molecule has 1 heterocycles. The average molecular weight is 381 g/mol. The van der Waals surface area contributed by atoms with Gasteiger partial charge in [0, 0.05) is 31.1 Å². The minimum Gasteiger partial charge on any atom is -0.369 e. The van der Waals surface area contributed by atoms with E-state index in [9.17, 15) is 18.0 Å². The second kappa shape index (κ2) is 8.18. The smallest absolute Gasteiger partial charge is 0.251 e. The van der Waals surface area contributed by atoms with Gasteiger partial charge < -0.3 is 11.1 Å². The SMILES string of the molecule is Cc1ccc(S(=O)(=O)N2CCC(C(N)=O)CC2)cc1C(=O)NCC(C)C. The van der Waals surface area contributed by atoms with Crippen molar-refractivity contribution in [2.75, 3.05) is 19.6 Å². The minimum absolute atomic E-state index is 0.0929. The summed E-state index contributed by atoms with van der Waals surface area (Å²) in [6.07, 6.45) is 0.838. The number of nitrogens with zero attached hydrogens (tertiary/aromatic N) is 1. The van der Waals surface area contributed by atoms with E-state index in [4.69, 9.17) is 5.73 Å². The molecule has 0 aliphatic carbocycles. The van der Waals surface area contributed by atoms with Crippen molar-refractivity contribution in [1.29, 1.82) is 0 Å². The van der Waals surface area contributed by atoms with Crippen LogP contribution >= 0.6 is 0 Å². The van der Waals surface area contributed by atoms with Crippen molar-refractivity contribution in [3.8, 4) is 0 Å². The summed E-state index contributed by atoms with van der Waals surface area (Å²) in [5, 5.41) is 2.82. The molecule has 0 radical (unpaired) electrons. The molecule has 0 spiro atoms. The van der Waals surface area contributed by atoms with E-state index < -0.39 is 10.0 Å². The van der Waals surface area contributed by atoms with Crippen molar-refractivity contribution in [3.63, 3.8) is 0 Å². The molecule has 0 unspecified atom stereocenters. The fraction of sp³-hybridized carbons (Fsp3) is 0.556. The van der Waals surface area contributed by atoms with Gasteiger partial charge in [-0.05, 0) is 43.4 Å². The molecule has 0 bridgehead atoms. The van der Waals surface area contributed by atoms with Crippen LogP contribution in [0.15, 0.2) is 23.1 Å². The van der Waals surface area contributed by atoms with E-state index in [0.717, 1.165) is 5.56 Å². The molecule has 144 valence electrons. The zero-order valence-corrected chi connectivity index (χ0v) is 16.3. The molecule has 0 atom stereocenters. The third kappa shape index (κ3) is 4.62. The maximum Gasteiger partial charge on any atom is 0.251 e. The third-order valence-electron chi connectivity index (χ3n) is 4.62. The topological polar surface area (TPSA) is 110 Å². The Morgan fingerprint density at radius 2 is 1.88 bits per heavy atom. The Morgan fingerprint density at radius 3 is 2.42 bits per heavy atom. The molecule has 8 heteroatoms. The highest BCUT2D eigenvalue weighted by Gasteiger charge is 2.31. The van der Waals surface area contributed by atoms with Gasteiger partial charge in [0.25, 0.3) is 5.91 Å². The molecular formula is C18H27N3O4S. The number of rotatable bonds is 6. The van der Waals surface area contributed by atoms with Crippen LogP contribution in [0.3, 0.4) is 0 Å². The Hall–Kier alpha value is -1.93. The summed E-state index contributed by atoms with van der Waals surface area (Å²) in [6, 6.07) is 4.60. The predicted octanol–water partition coefficient (Wildman–Crippen LogP) is 1.27. The van der Waals surface area contributed by atoms with E-state index in [2.05, 4.69) is 5.32 Å². The van der Waals surface area contributed by atoms with Gasteiger partial charge >= 0.3 is 0 Å². The van der Waals surface area contributed by atoms with Crippen molar-refractivity contribution < 1.29 is 18.0 Å². The average Bonchev–Trinajstić information content (AvgIpc) is 2.59. The van der Waals surface area contributed by atoms with Crippen LogP contribution in [0.1, 0.15) is 42.6 Å². The number of benzene rings is 1. The van der Waals surface area contributed by atoms with Crippen LogP contribution in [0.4, 0.5) is 0 Å². The Bertz CT molecular complexity index is 782. The fourth-order valence-corrected chi connectivity index (χ4v) is 4.42. The van der Waals surface area contributed by atoms with Crippen molar-refractivity contribution in [2.45, 2.75) is 38.5 Å². The van der Waals surface area contributed by atoms with E-state index in [1.807, 2.05) is 13.8 Å². The molecule has 1 aliphatic rings. The van der Waals surface area contributed by atoms with Crippen LogP contribution in [0, 0.1) is 18.8 Å². The first-order chi connectivity index (χ1) is 12.1. The van der Waals surface area contributed by atoms with Crippen molar-refractivity contribution in [2.24, 2.45) is 17.6 Å². The van der Waals surface area contributed by atoms with Crippen molar-refractivity contribution in [1.82, 2.24) is 9.62 Å². The Kier molecular flexibility index (Phi) is 6.41. The molecular weight excluding hydrogens is 354 g/mol. The number of hydrogen-bond donors (Lipinski definition) is 2. The molecule has 0 aromatic heterocycles. The molecule has 3 N–H and O–H groups in total. The number of carbonyl (C=O) groups excluding carboxylic acids is 2. The fourth-order valence-electron chi connectivity index (χ4n) is 2.93. The summed E-state index contributed by atoms with van der Waals surface area (Å²) in [6.45, 7) is 6.78. The Labute approximate surface area is 155 Å². The summed E-state index contributed by atoms with van der Waals surface area (Å²) < 4.78 is 27.1. The van der Waals surface area contributed by atoms with Crippen molar-refractivity contribution in [3.05, 3.63) is 29.3 Å². The van der Waals surface area contributed by atoms with Gasteiger partial charge in [0.2, 0.25) is 15.9 Å². The zero-order valence-electron chi connectivity index (χ0n) is 15.5. The van der Waals surface area contributed by atoms with Gasteiger partial charge in [-0.1, -0.05) is 19.9 Å². The van der Waals surface area contributed by atoms with Gasteiger partial charge in [-0.2, -0.15) is 4.31 Å². The standard InChI is InChI=1S/C18H27N3O4S/c1-12(2)11-20-18(23)16-10-15(5-4-13(16)3)26(24,25)21-8-6-14(7-9-21)17(19)22/h4-5,10,12,14H,6-9,11H2,1-3H3,(H2,19,22)(H,20,23). The monoisotopic (exact) mass is 381 g/mol. The number of nitrogens with two attached hydrogens (primary N) is 1. The van der Waals surface area contributed by atoms with Crippen molar-refractivity contribution >= 4 is 21.8 Å². The normalized spacial score (nSPS) is 16.6. The summed E-state index contributed by atoms with van der Waals surface area (Å²) in [5.41, 5.74) is 6.38. The van der Waals surface area contributed by atoms with Gasteiger partial charge in [0.1, 0.15) is 0 Å². The zero-order chi connectivity index (χ0) is 19.5. The number of nitrogens with one attached hydrogen (secondary N) is 1. The first-order valence-corrected chi connectivity index (χ1v) is 10.2. The molecule has 1 aliphatic heterocycles. The van der Waals surface area contributed by atoms with Gasteiger partial charge in [-0.25, -0.2) is 8.42 Å². The molecule has 7 nitrogen and oxygen atoms in total. The summed E-state index contributed by atoms with van der Waals surface area (Å²) in [5.74, 6) is -0.642. The number of aryl methyl sites for hydroxylation is 1. The molecule has 1 saturated heterocycles. The molecule has 2 rings (SSSR count). The highest BCUT2D eigenvalue weighted by molar-refractivity contribution is 7.89. The number of hydrogen-bond acceptors (Lipinski definition) is 4. The number of sulfonamides is 1. The lowest BCUT2D eigenvalue weighted by Gasteiger charge is -2.29. The first-order valence-electron chi connectivity index (χ1n) is 8.81. The minimum atomic E-state index is -3.71. The summed E-state index contributed by atoms with van der Waals surface area (Å²) >= 11 is 0. The third-order valence-corrected chi connectivity index (χ3v) is 6.51. The molecule has 1 aromatic rings. The van der Waals surface area contributed by atoms with Crippen LogP contribution in [-0.4, -0.2) is 44.2 Å². The highest BCUT2D eigenvalue weighted by Crippen LogP contribution is 2.25. The second-order valence-electron chi connectivity index (χ2n) is 7.16. The van der Waals surface area contributed by atoms with Crippen LogP contribution in [0.25, 0.3) is 0 Å². The molecule has 1 aromatic carbocycles. The van der Waals surface area contributed by atoms with Gasteiger partial charge in [-0.3, -0.25) is 9.59 Å². The number of amides is 2. The first kappa shape index (κ1) is 20.4. The molecule has 1 fully saturated rings. The van der Waals surface area contributed by atoms with Gasteiger partial charge in [0.15, 0.2) is 0 Å². The lowest BCUT2D eigenvalue weighted by molar-refractivity contribution is -0.122. The predicted molar refractivity (Wildman–Crippen MR) is 99.0 cm³/mol. The largest absolute Gasteiger partial charge is 0.369 e. The van der Waals surface area contributed by atoms with E-state index in [1.54, 1.807) is 13.0 Å². The van der Waals surface area contributed by atoms with Gasteiger partial charge in [0.05, 0.1) is 4.90 Å². The van der Waals surface area contributed by atoms with Crippen LogP contribution in [-0.2, 0) is 14.8 Å². The number of carbonyl (C=O) groups is 2. The highest BCUT2D eigenvalue weighted by atomic mass is 32.2. The maximum absolute atomic E-state index is 12.9. The van der Waals surface area contributed by atoms with Crippen LogP contribution < -0.4 is 11.1 Å². The van der Waals surface area contributed by atoms with E-state index in [0.29, 0.717) is 30.9 Å². The molecule has 26 heavy (non-hydrogen) atoms. The van der Waals surface area contributed by atoms with Crippen LogP contribution in [0.5, 0.6) is 0 Å². The van der Waals surface area contributed by atoms with Gasteiger partial charge in [-0.15, -0.1) is 0 Å². The van der Waals surface area contributed by atoms with Crippen LogP contribution in [0.2, 0.25) is 0 Å². The van der Waals surface area contributed by atoms with E-state index >= 15 is 0 Å². The molecule has 2 amide bonds.